The number of aryl methyl sites for hydroxylation is 1. The Balaban J connectivity index is 1.58. The molecule has 2 amide bonds. The molecule has 7 heteroatoms. The van der Waals surface area contributed by atoms with Gasteiger partial charge in [-0.3, -0.25) is 14.6 Å². The molecule has 3 N–H and O–H groups in total. The average molecular weight is 371 g/mol. The number of para-hydroxylation sites is 1. The molecule has 3 rings (SSSR count). The standard InChI is InChI=1S/C20H29N5O2/c1-22-20(24-10-4-6-15(14-24)12-18(21)26)23-13-19(27)25-11-5-8-16-7-2-3-9-17(16)25/h2-3,7,9,15H,4-6,8,10-14H2,1H3,(H2,21,26)(H,22,23). The van der Waals surface area contributed by atoms with E-state index >= 15 is 0 Å². The first-order valence-electron chi connectivity index (χ1n) is 9.70. The molecule has 0 aromatic heterocycles. The molecule has 2 heterocycles. The van der Waals surface area contributed by atoms with Gasteiger partial charge in [-0.1, -0.05) is 18.2 Å². The summed E-state index contributed by atoms with van der Waals surface area (Å²) >= 11 is 0. The number of amides is 2. The van der Waals surface area contributed by atoms with Gasteiger partial charge >= 0.3 is 0 Å². The number of aliphatic imine (C=N–C) groups is 1. The Morgan fingerprint density at radius 1 is 1.26 bits per heavy atom. The van der Waals surface area contributed by atoms with Gasteiger partial charge in [-0.2, -0.15) is 0 Å². The Kier molecular flexibility index (Phi) is 6.32. The molecule has 146 valence electrons. The van der Waals surface area contributed by atoms with Crippen LogP contribution in [0.2, 0.25) is 0 Å². The Morgan fingerprint density at radius 3 is 2.85 bits per heavy atom. The van der Waals surface area contributed by atoms with Crippen molar-refractivity contribution in [1.82, 2.24) is 10.2 Å². The maximum atomic E-state index is 12.8. The normalized spacial score (nSPS) is 20.2. The SMILES string of the molecule is CN=C(NCC(=O)N1CCCc2ccccc21)N1CCCC(CC(N)=O)C1. The second kappa shape index (κ2) is 8.88. The van der Waals surface area contributed by atoms with Gasteiger partial charge in [0.1, 0.15) is 0 Å². The fourth-order valence-corrected chi connectivity index (χ4v) is 4.08. The van der Waals surface area contributed by atoms with Crippen molar-refractivity contribution in [1.29, 1.82) is 0 Å². The lowest BCUT2D eigenvalue weighted by atomic mass is 9.95. The molecule has 2 aliphatic rings. The molecule has 1 aromatic rings. The second-order valence-electron chi connectivity index (χ2n) is 7.30. The minimum atomic E-state index is -0.260. The van der Waals surface area contributed by atoms with Crippen LogP contribution in [-0.2, 0) is 16.0 Å². The van der Waals surface area contributed by atoms with Crippen LogP contribution in [0.1, 0.15) is 31.2 Å². The lowest BCUT2D eigenvalue weighted by Crippen LogP contribution is -2.50. The lowest BCUT2D eigenvalue weighted by Gasteiger charge is -2.35. The Hall–Kier alpha value is -2.57. The highest BCUT2D eigenvalue weighted by Crippen LogP contribution is 2.26. The van der Waals surface area contributed by atoms with Gasteiger partial charge in [0.25, 0.3) is 0 Å². The summed E-state index contributed by atoms with van der Waals surface area (Å²) in [6, 6.07) is 8.10. The number of primary amides is 1. The lowest BCUT2D eigenvalue weighted by molar-refractivity contribution is -0.119. The Labute approximate surface area is 160 Å². The van der Waals surface area contributed by atoms with Gasteiger partial charge in [0.2, 0.25) is 11.8 Å². The summed E-state index contributed by atoms with van der Waals surface area (Å²) in [5.74, 6) is 0.750. The number of carbonyl (C=O) groups excluding carboxylic acids is 2. The summed E-state index contributed by atoms with van der Waals surface area (Å²) in [4.78, 5) is 32.3. The number of nitrogens with one attached hydrogen (secondary N) is 1. The molecule has 0 saturated carbocycles. The quantitative estimate of drug-likeness (QED) is 0.613. The number of nitrogens with two attached hydrogens (primary N) is 1. The van der Waals surface area contributed by atoms with Crippen molar-refractivity contribution in [2.75, 3.05) is 38.1 Å². The molecule has 1 saturated heterocycles. The number of carbonyl (C=O) groups is 2. The first-order valence-corrected chi connectivity index (χ1v) is 9.70. The van der Waals surface area contributed by atoms with E-state index in [1.807, 2.05) is 23.1 Å². The van der Waals surface area contributed by atoms with Crippen LogP contribution >= 0.6 is 0 Å². The van der Waals surface area contributed by atoms with Crippen molar-refractivity contribution in [3.63, 3.8) is 0 Å². The molecule has 7 nitrogen and oxygen atoms in total. The number of likely N-dealkylation sites (tertiary alicyclic amines) is 1. The molecular weight excluding hydrogens is 342 g/mol. The van der Waals surface area contributed by atoms with Crippen molar-refractivity contribution in [2.45, 2.75) is 32.1 Å². The van der Waals surface area contributed by atoms with Crippen LogP contribution in [0.5, 0.6) is 0 Å². The van der Waals surface area contributed by atoms with Crippen LogP contribution < -0.4 is 16.0 Å². The highest BCUT2D eigenvalue weighted by Gasteiger charge is 2.25. The number of guanidine groups is 1. The van der Waals surface area contributed by atoms with E-state index in [0.717, 1.165) is 51.0 Å². The fraction of sp³-hybridized carbons (Fsp3) is 0.550. The molecule has 0 spiro atoms. The minimum absolute atomic E-state index is 0.0500. The predicted molar refractivity (Wildman–Crippen MR) is 107 cm³/mol. The highest BCUT2D eigenvalue weighted by atomic mass is 16.2. The maximum absolute atomic E-state index is 12.8. The molecule has 1 atom stereocenters. The van der Waals surface area contributed by atoms with Crippen LogP contribution in [0.25, 0.3) is 0 Å². The van der Waals surface area contributed by atoms with Crippen LogP contribution in [0, 0.1) is 5.92 Å². The number of benzene rings is 1. The molecule has 0 radical (unpaired) electrons. The summed E-state index contributed by atoms with van der Waals surface area (Å²) in [5, 5.41) is 3.21. The molecule has 1 aromatic carbocycles. The monoisotopic (exact) mass is 371 g/mol. The van der Waals surface area contributed by atoms with E-state index in [0.29, 0.717) is 12.4 Å². The van der Waals surface area contributed by atoms with E-state index in [2.05, 4.69) is 21.3 Å². The van der Waals surface area contributed by atoms with Gasteiger partial charge in [0.15, 0.2) is 5.96 Å². The summed E-state index contributed by atoms with van der Waals surface area (Å²) in [5.41, 5.74) is 7.59. The van der Waals surface area contributed by atoms with Crippen molar-refractivity contribution in [3.05, 3.63) is 29.8 Å². The number of hydrogen-bond donors (Lipinski definition) is 2. The molecule has 1 fully saturated rings. The van der Waals surface area contributed by atoms with Crippen LogP contribution in [0.4, 0.5) is 5.69 Å². The summed E-state index contributed by atoms with van der Waals surface area (Å²) in [7, 11) is 1.72. The summed E-state index contributed by atoms with van der Waals surface area (Å²) in [6.07, 6.45) is 4.39. The first kappa shape index (κ1) is 19.2. The molecule has 2 aliphatic heterocycles. The Bertz CT molecular complexity index is 718. The fourth-order valence-electron chi connectivity index (χ4n) is 4.08. The Morgan fingerprint density at radius 2 is 2.07 bits per heavy atom. The maximum Gasteiger partial charge on any atom is 0.246 e. The third-order valence-corrected chi connectivity index (χ3v) is 5.33. The van der Waals surface area contributed by atoms with Gasteiger partial charge in [-0.15, -0.1) is 0 Å². The number of anilines is 1. The van der Waals surface area contributed by atoms with Gasteiger partial charge in [-0.05, 0) is 43.2 Å². The van der Waals surface area contributed by atoms with Crippen LogP contribution in [-0.4, -0.2) is 55.9 Å². The summed E-state index contributed by atoms with van der Waals surface area (Å²) < 4.78 is 0. The predicted octanol–water partition coefficient (Wildman–Crippen LogP) is 1.13. The zero-order valence-electron chi connectivity index (χ0n) is 16.0. The van der Waals surface area contributed by atoms with Crippen LogP contribution in [0.15, 0.2) is 29.3 Å². The third kappa shape index (κ3) is 4.78. The number of rotatable bonds is 4. The van der Waals surface area contributed by atoms with Crippen LogP contribution in [0.3, 0.4) is 0 Å². The zero-order valence-corrected chi connectivity index (χ0v) is 16.0. The number of piperidine rings is 1. The van der Waals surface area contributed by atoms with Crippen molar-refractivity contribution in [3.8, 4) is 0 Å². The van der Waals surface area contributed by atoms with Gasteiger partial charge in [0, 0.05) is 38.8 Å². The molecule has 0 aliphatic carbocycles. The van der Waals surface area contributed by atoms with E-state index in [4.69, 9.17) is 5.73 Å². The van der Waals surface area contributed by atoms with E-state index < -0.39 is 0 Å². The molecule has 27 heavy (non-hydrogen) atoms. The number of nitrogens with zero attached hydrogens (tertiary/aromatic N) is 3. The van der Waals surface area contributed by atoms with E-state index in [1.165, 1.54) is 5.56 Å². The zero-order chi connectivity index (χ0) is 19.2. The molecule has 0 bridgehead atoms. The van der Waals surface area contributed by atoms with Gasteiger partial charge < -0.3 is 20.9 Å². The molecular formula is C20H29N5O2. The van der Waals surface area contributed by atoms with Gasteiger partial charge in [0.05, 0.1) is 6.54 Å². The number of fused-ring (bicyclic) bond motifs is 1. The van der Waals surface area contributed by atoms with E-state index in [9.17, 15) is 9.59 Å². The smallest absolute Gasteiger partial charge is 0.246 e. The minimum Gasteiger partial charge on any atom is -0.370 e. The van der Waals surface area contributed by atoms with Crippen molar-refractivity contribution >= 4 is 23.5 Å². The highest BCUT2D eigenvalue weighted by molar-refractivity contribution is 5.98. The third-order valence-electron chi connectivity index (χ3n) is 5.33. The summed E-state index contributed by atoms with van der Waals surface area (Å²) in [6.45, 7) is 2.57. The number of hydrogen-bond acceptors (Lipinski definition) is 3. The largest absolute Gasteiger partial charge is 0.370 e. The molecule has 1 unspecified atom stereocenters. The average Bonchev–Trinajstić information content (AvgIpc) is 2.67. The first-order chi connectivity index (χ1) is 13.1. The van der Waals surface area contributed by atoms with Gasteiger partial charge in [-0.25, -0.2) is 0 Å². The van der Waals surface area contributed by atoms with E-state index in [1.54, 1.807) is 7.05 Å². The van der Waals surface area contributed by atoms with Crippen molar-refractivity contribution < 1.29 is 9.59 Å². The topological polar surface area (TPSA) is 91.0 Å². The second-order valence-corrected chi connectivity index (χ2v) is 7.30. The van der Waals surface area contributed by atoms with E-state index in [-0.39, 0.29) is 24.3 Å². The van der Waals surface area contributed by atoms with Crippen molar-refractivity contribution in [2.24, 2.45) is 16.6 Å².